The molecule has 0 bridgehead atoms. The summed E-state index contributed by atoms with van der Waals surface area (Å²) in [5, 5.41) is 14.4. The summed E-state index contributed by atoms with van der Waals surface area (Å²) in [6, 6.07) is 3.51. The second kappa shape index (κ2) is 5.71. The van der Waals surface area contributed by atoms with Gasteiger partial charge in [0, 0.05) is 13.1 Å². The molecule has 5 nitrogen and oxygen atoms in total. The van der Waals surface area contributed by atoms with Crippen LogP contribution >= 0.6 is 11.3 Å². The summed E-state index contributed by atoms with van der Waals surface area (Å²) in [5.41, 5.74) is -0.814. The number of thiophene rings is 1. The number of amides is 2. The maximum atomic E-state index is 12.0. The summed E-state index contributed by atoms with van der Waals surface area (Å²) in [5.74, 6) is -0.378. The van der Waals surface area contributed by atoms with Crippen molar-refractivity contribution in [1.82, 2.24) is 10.2 Å². The number of carbonyl (C=O) groups is 2. The number of carbonyl (C=O) groups excluding carboxylic acids is 2. The monoisotopic (exact) mass is 282 g/mol. The highest BCUT2D eigenvalue weighted by atomic mass is 32.1. The molecule has 1 aromatic heterocycles. The minimum atomic E-state index is -0.814. The van der Waals surface area contributed by atoms with Crippen LogP contribution in [0.3, 0.4) is 0 Å². The fourth-order valence-corrected chi connectivity index (χ4v) is 2.84. The second-order valence-electron chi connectivity index (χ2n) is 5.08. The predicted molar refractivity (Wildman–Crippen MR) is 73.1 cm³/mol. The van der Waals surface area contributed by atoms with Crippen LogP contribution in [-0.2, 0) is 4.79 Å². The topological polar surface area (TPSA) is 69.6 Å². The van der Waals surface area contributed by atoms with Crippen molar-refractivity contribution in [1.29, 1.82) is 0 Å². The van der Waals surface area contributed by atoms with Gasteiger partial charge in [-0.3, -0.25) is 9.59 Å². The van der Waals surface area contributed by atoms with Gasteiger partial charge in [-0.25, -0.2) is 0 Å². The number of β-amino-alcohol motifs (C(OH)–C–C–N with tert-alkyl or cyclic N) is 1. The van der Waals surface area contributed by atoms with Gasteiger partial charge in [-0.1, -0.05) is 6.07 Å². The van der Waals surface area contributed by atoms with Crippen LogP contribution in [0, 0.1) is 0 Å². The molecule has 0 radical (unpaired) electrons. The van der Waals surface area contributed by atoms with Gasteiger partial charge in [0.25, 0.3) is 5.91 Å². The minimum Gasteiger partial charge on any atom is -0.388 e. The molecule has 1 atom stereocenters. The molecule has 0 aliphatic carbocycles. The van der Waals surface area contributed by atoms with E-state index in [0.717, 1.165) is 6.42 Å². The predicted octanol–water partition coefficient (Wildman–Crippen LogP) is 0.851. The Bertz CT molecular complexity index is 456. The molecule has 1 fully saturated rings. The van der Waals surface area contributed by atoms with Crippen molar-refractivity contribution >= 4 is 23.2 Å². The van der Waals surface area contributed by atoms with Crippen LogP contribution in [0.25, 0.3) is 0 Å². The van der Waals surface area contributed by atoms with Gasteiger partial charge < -0.3 is 15.3 Å². The highest BCUT2D eigenvalue weighted by Crippen LogP contribution is 2.20. The number of hydrogen-bond donors (Lipinski definition) is 2. The Kier molecular flexibility index (Phi) is 4.21. The Morgan fingerprint density at radius 3 is 3.00 bits per heavy atom. The molecule has 0 aromatic carbocycles. The van der Waals surface area contributed by atoms with Crippen LogP contribution in [0.15, 0.2) is 17.5 Å². The van der Waals surface area contributed by atoms with Gasteiger partial charge in [0.05, 0.1) is 17.0 Å². The van der Waals surface area contributed by atoms with Crippen molar-refractivity contribution in [3.05, 3.63) is 22.4 Å². The molecular weight excluding hydrogens is 264 g/mol. The van der Waals surface area contributed by atoms with Gasteiger partial charge in [-0.15, -0.1) is 11.3 Å². The Morgan fingerprint density at radius 2 is 2.37 bits per heavy atom. The highest BCUT2D eigenvalue weighted by molar-refractivity contribution is 7.12. The number of aliphatic hydroxyl groups is 1. The van der Waals surface area contributed by atoms with E-state index >= 15 is 0 Å². The van der Waals surface area contributed by atoms with Crippen LogP contribution in [0.4, 0.5) is 0 Å². The van der Waals surface area contributed by atoms with Crippen molar-refractivity contribution in [3.63, 3.8) is 0 Å². The SMILES string of the molecule is CC1(O)CCCN(C(=O)CNC(=O)c2cccs2)C1. The molecule has 1 saturated heterocycles. The summed E-state index contributed by atoms with van der Waals surface area (Å²) in [6.07, 6.45) is 1.50. The molecular formula is C13H18N2O3S. The Morgan fingerprint density at radius 1 is 1.58 bits per heavy atom. The summed E-state index contributed by atoms with van der Waals surface area (Å²) >= 11 is 1.34. The third-order valence-corrected chi connectivity index (χ3v) is 4.04. The summed E-state index contributed by atoms with van der Waals surface area (Å²) in [6.45, 7) is 2.69. The largest absolute Gasteiger partial charge is 0.388 e. The third kappa shape index (κ3) is 3.78. The van der Waals surface area contributed by atoms with Gasteiger partial charge >= 0.3 is 0 Å². The lowest BCUT2D eigenvalue weighted by Gasteiger charge is -2.36. The molecule has 0 saturated carbocycles. The lowest BCUT2D eigenvalue weighted by Crippen LogP contribution is -2.51. The standard InChI is InChI=1S/C13H18N2O3S/c1-13(18)5-3-6-15(9-13)11(16)8-14-12(17)10-4-2-7-19-10/h2,4,7,18H,3,5-6,8-9H2,1H3,(H,14,17). The average Bonchev–Trinajstić information content (AvgIpc) is 2.88. The number of nitrogens with one attached hydrogen (secondary N) is 1. The zero-order valence-corrected chi connectivity index (χ0v) is 11.7. The van der Waals surface area contributed by atoms with Crippen LogP contribution in [-0.4, -0.2) is 47.1 Å². The van der Waals surface area contributed by atoms with E-state index in [2.05, 4.69) is 5.32 Å². The van der Waals surface area contributed by atoms with E-state index in [1.807, 2.05) is 5.38 Å². The number of nitrogens with zero attached hydrogens (tertiary/aromatic N) is 1. The van der Waals surface area contributed by atoms with Crippen LogP contribution in [0.5, 0.6) is 0 Å². The van der Waals surface area contributed by atoms with Crippen LogP contribution in [0.1, 0.15) is 29.4 Å². The van der Waals surface area contributed by atoms with Crippen molar-refractivity contribution < 1.29 is 14.7 Å². The maximum absolute atomic E-state index is 12.0. The molecule has 2 heterocycles. The van der Waals surface area contributed by atoms with Gasteiger partial charge in [0.2, 0.25) is 5.91 Å². The van der Waals surface area contributed by atoms with E-state index < -0.39 is 5.60 Å². The second-order valence-corrected chi connectivity index (χ2v) is 6.02. The summed E-state index contributed by atoms with van der Waals surface area (Å²) in [7, 11) is 0. The molecule has 2 N–H and O–H groups in total. The number of likely N-dealkylation sites (tertiary alicyclic amines) is 1. The Hall–Kier alpha value is -1.40. The zero-order chi connectivity index (χ0) is 13.9. The van der Waals surface area contributed by atoms with E-state index in [9.17, 15) is 14.7 Å². The first-order valence-electron chi connectivity index (χ1n) is 6.30. The summed E-state index contributed by atoms with van der Waals surface area (Å²) < 4.78 is 0. The van der Waals surface area contributed by atoms with Gasteiger partial charge in [-0.05, 0) is 31.2 Å². The molecule has 19 heavy (non-hydrogen) atoms. The molecule has 1 aliphatic heterocycles. The van der Waals surface area contributed by atoms with E-state index in [1.54, 1.807) is 24.0 Å². The molecule has 2 amide bonds. The number of piperidine rings is 1. The summed E-state index contributed by atoms with van der Waals surface area (Å²) in [4.78, 5) is 25.9. The molecule has 0 spiro atoms. The average molecular weight is 282 g/mol. The van der Waals surface area contributed by atoms with E-state index in [-0.39, 0.29) is 18.4 Å². The van der Waals surface area contributed by atoms with Crippen LogP contribution in [0.2, 0.25) is 0 Å². The van der Waals surface area contributed by atoms with Crippen LogP contribution < -0.4 is 5.32 Å². The lowest BCUT2D eigenvalue weighted by atomic mass is 9.95. The fraction of sp³-hybridized carbons (Fsp3) is 0.538. The lowest BCUT2D eigenvalue weighted by molar-refractivity contribution is -0.136. The molecule has 6 heteroatoms. The maximum Gasteiger partial charge on any atom is 0.261 e. The Labute approximate surface area is 116 Å². The van der Waals surface area contributed by atoms with Crippen molar-refractivity contribution in [2.45, 2.75) is 25.4 Å². The Balaban J connectivity index is 1.83. The quantitative estimate of drug-likeness (QED) is 0.863. The van der Waals surface area contributed by atoms with Gasteiger partial charge in [-0.2, -0.15) is 0 Å². The van der Waals surface area contributed by atoms with Crippen molar-refractivity contribution in [2.24, 2.45) is 0 Å². The highest BCUT2D eigenvalue weighted by Gasteiger charge is 2.30. The fourth-order valence-electron chi connectivity index (χ4n) is 2.20. The smallest absolute Gasteiger partial charge is 0.261 e. The minimum absolute atomic E-state index is 0.0210. The molecule has 1 unspecified atom stereocenters. The zero-order valence-electron chi connectivity index (χ0n) is 10.9. The first kappa shape index (κ1) is 14.0. The van der Waals surface area contributed by atoms with Gasteiger partial charge in [0.1, 0.15) is 0 Å². The van der Waals surface area contributed by atoms with Crippen molar-refractivity contribution in [3.8, 4) is 0 Å². The number of rotatable bonds is 3. The van der Waals surface area contributed by atoms with Crippen molar-refractivity contribution in [2.75, 3.05) is 19.6 Å². The first-order valence-corrected chi connectivity index (χ1v) is 7.18. The van der Waals surface area contributed by atoms with Gasteiger partial charge in [0.15, 0.2) is 0 Å². The number of hydrogen-bond acceptors (Lipinski definition) is 4. The molecule has 1 aromatic rings. The molecule has 104 valence electrons. The molecule has 2 rings (SSSR count). The molecule has 1 aliphatic rings. The first-order chi connectivity index (χ1) is 8.98. The third-order valence-electron chi connectivity index (χ3n) is 3.17. The normalized spacial score (nSPS) is 23.2. The van der Waals surface area contributed by atoms with E-state index in [1.165, 1.54) is 11.3 Å². The van der Waals surface area contributed by atoms with E-state index in [4.69, 9.17) is 0 Å². The van der Waals surface area contributed by atoms with E-state index in [0.29, 0.717) is 24.4 Å².